The minimum absolute atomic E-state index is 0.503. The second-order valence-corrected chi connectivity index (χ2v) is 6.81. The topological polar surface area (TPSA) is 18.5 Å². The molecule has 0 rings (SSSR count). The van der Waals surface area contributed by atoms with Crippen molar-refractivity contribution in [2.45, 2.75) is 20.3 Å². The molecule has 0 aliphatic carbocycles. The van der Waals surface area contributed by atoms with Gasteiger partial charge in [-0.15, -0.1) is 0 Å². The molecular formula is C5H12Cl2O2Si. The lowest BCUT2D eigenvalue weighted by molar-refractivity contribution is 0.213. The lowest BCUT2D eigenvalue weighted by atomic mass is 10.5. The largest absolute Gasteiger partial charge is 0.551 e. The molecule has 0 aromatic carbocycles. The van der Waals surface area contributed by atoms with Crippen molar-refractivity contribution in [1.29, 1.82) is 0 Å². The number of hydrogen-bond acceptors (Lipinski definition) is 2. The minimum atomic E-state index is -2.78. The molecule has 0 saturated carbocycles. The summed E-state index contributed by atoms with van der Waals surface area (Å²) in [6, 6.07) is 0. The van der Waals surface area contributed by atoms with Gasteiger partial charge in [0.15, 0.2) is 0 Å². The first-order valence-electron chi connectivity index (χ1n) is 3.28. The van der Waals surface area contributed by atoms with E-state index in [1.54, 1.807) is 0 Å². The lowest BCUT2D eigenvalue weighted by Gasteiger charge is -2.14. The molecule has 5 heteroatoms. The normalized spacial score (nSPS) is 12.0. The summed E-state index contributed by atoms with van der Waals surface area (Å²) < 4.78 is 10.0. The van der Waals surface area contributed by atoms with E-state index in [9.17, 15) is 0 Å². The Kier molecular flexibility index (Phi) is 5.76. The molecule has 0 fully saturated rings. The van der Waals surface area contributed by atoms with E-state index in [-0.39, 0.29) is 0 Å². The summed E-state index contributed by atoms with van der Waals surface area (Å²) in [5.41, 5.74) is 0. The van der Waals surface area contributed by atoms with E-state index in [2.05, 4.69) is 0 Å². The van der Waals surface area contributed by atoms with Gasteiger partial charge in [-0.1, -0.05) is 29.1 Å². The van der Waals surface area contributed by atoms with E-state index in [0.717, 1.165) is 6.42 Å². The van der Waals surface area contributed by atoms with E-state index >= 15 is 0 Å². The lowest BCUT2D eigenvalue weighted by Crippen LogP contribution is -2.29. The van der Waals surface area contributed by atoms with Crippen LogP contribution in [0.15, 0.2) is 0 Å². The third-order valence-corrected chi connectivity index (χ3v) is 3.26. The van der Waals surface area contributed by atoms with Crippen LogP contribution >= 0.6 is 22.2 Å². The molecule has 0 aliphatic rings. The molecular weight excluding hydrogens is 191 g/mol. The Labute approximate surface area is 72.1 Å². The van der Waals surface area contributed by atoms with Crippen molar-refractivity contribution in [3.8, 4) is 0 Å². The van der Waals surface area contributed by atoms with Crippen LogP contribution in [0.2, 0.25) is 0 Å². The standard InChI is InChI=1S/C5H12Cl2O2Si/c1-3-5-9-10(6,7)8-4-2/h3-5H2,1-2H3. The highest BCUT2D eigenvalue weighted by Gasteiger charge is 2.32. The van der Waals surface area contributed by atoms with Gasteiger partial charge in [0.1, 0.15) is 0 Å². The average molecular weight is 203 g/mol. The van der Waals surface area contributed by atoms with Crippen LogP contribution in [-0.4, -0.2) is 20.4 Å². The first kappa shape index (κ1) is 10.7. The molecule has 0 aromatic rings. The summed E-state index contributed by atoms with van der Waals surface area (Å²) in [7, 11) is -2.78. The van der Waals surface area contributed by atoms with Gasteiger partial charge in [0, 0.05) is 13.2 Å². The van der Waals surface area contributed by atoms with E-state index in [1.165, 1.54) is 0 Å². The number of rotatable bonds is 5. The van der Waals surface area contributed by atoms with Gasteiger partial charge >= 0.3 is 7.18 Å². The van der Waals surface area contributed by atoms with Gasteiger partial charge in [0.2, 0.25) is 0 Å². The van der Waals surface area contributed by atoms with Crippen LogP contribution in [0.25, 0.3) is 0 Å². The molecule has 0 amide bonds. The van der Waals surface area contributed by atoms with Gasteiger partial charge in [0.25, 0.3) is 0 Å². The Hall–Kier alpha value is 0.717. The molecule has 0 N–H and O–H groups in total. The van der Waals surface area contributed by atoms with Crippen molar-refractivity contribution < 1.29 is 8.85 Å². The monoisotopic (exact) mass is 202 g/mol. The molecule has 0 aliphatic heterocycles. The third kappa shape index (κ3) is 5.50. The van der Waals surface area contributed by atoms with Gasteiger partial charge in [-0.25, -0.2) is 0 Å². The molecule has 62 valence electrons. The van der Waals surface area contributed by atoms with Gasteiger partial charge < -0.3 is 8.85 Å². The van der Waals surface area contributed by atoms with Crippen molar-refractivity contribution in [3.63, 3.8) is 0 Å². The molecule has 0 radical (unpaired) electrons. The molecule has 0 aromatic heterocycles. The molecule has 2 nitrogen and oxygen atoms in total. The fourth-order valence-corrected chi connectivity index (χ4v) is 2.41. The quantitative estimate of drug-likeness (QED) is 0.504. The molecule has 0 saturated heterocycles. The Bertz CT molecular complexity index is 89.7. The smallest absolute Gasteiger partial charge is 0.372 e. The summed E-state index contributed by atoms with van der Waals surface area (Å²) in [5.74, 6) is 0. The van der Waals surface area contributed by atoms with Gasteiger partial charge in [-0.2, -0.15) is 0 Å². The SMILES string of the molecule is CCCO[Si](Cl)(Cl)OCC. The molecule has 0 heterocycles. The van der Waals surface area contributed by atoms with Crippen molar-refractivity contribution >= 4 is 29.3 Å². The molecule has 0 atom stereocenters. The fourth-order valence-electron chi connectivity index (χ4n) is 0.431. The summed E-state index contributed by atoms with van der Waals surface area (Å²) in [5, 5.41) is 0. The highest BCUT2D eigenvalue weighted by atomic mass is 35.7. The van der Waals surface area contributed by atoms with Crippen LogP contribution in [0.4, 0.5) is 0 Å². The van der Waals surface area contributed by atoms with E-state index in [1.807, 2.05) is 13.8 Å². The van der Waals surface area contributed by atoms with Gasteiger partial charge in [0.05, 0.1) is 0 Å². The predicted molar refractivity (Wildman–Crippen MR) is 45.3 cm³/mol. The third-order valence-electron chi connectivity index (χ3n) is 0.787. The van der Waals surface area contributed by atoms with E-state index in [0.29, 0.717) is 13.2 Å². The van der Waals surface area contributed by atoms with Crippen LogP contribution in [0.3, 0.4) is 0 Å². The highest BCUT2D eigenvalue weighted by Crippen LogP contribution is 2.17. The summed E-state index contributed by atoms with van der Waals surface area (Å²) in [6.45, 7) is 4.90. The number of hydrogen-bond donors (Lipinski definition) is 0. The first-order valence-corrected chi connectivity index (χ1v) is 7.12. The highest BCUT2D eigenvalue weighted by molar-refractivity contribution is 7.39. The average Bonchev–Trinajstić information content (AvgIpc) is 1.84. The van der Waals surface area contributed by atoms with Crippen molar-refractivity contribution in [2.24, 2.45) is 0 Å². The zero-order chi connectivity index (χ0) is 8.04. The maximum atomic E-state index is 5.67. The van der Waals surface area contributed by atoms with Crippen molar-refractivity contribution in [3.05, 3.63) is 0 Å². The summed E-state index contributed by atoms with van der Waals surface area (Å²) >= 11 is 11.3. The maximum absolute atomic E-state index is 5.67. The molecule has 0 bridgehead atoms. The zero-order valence-electron chi connectivity index (χ0n) is 6.19. The van der Waals surface area contributed by atoms with Crippen LogP contribution in [0.1, 0.15) is 20.3 Å². The molecule has 0 unspecified atom stereocenters. The molecule has 0 spiro atoms. The Balaban J connectivity index is 3.42. The minimum Gasteiger partial charge on any atom is -0.372 e. The fraction of sp³-hybridized carbons (Fsp3) is 1.00. The van der Waals surface area contributed by atoms with Gasteiger partial charge in [-0.3, -0.25) is 0 Å². The van der Waals surface area contributed by atoms with Crippen LogP contribution in [0.5, 0.6) is 0 Å². The maximum Gasteiger partial charge on any atom is 0.551 e. The Morgan fingerprint density at radius 3 is 2.20 bits per heavy atom. The van der Waals surface area contributed by atoms with Crippen LogP contribution in [-0.2, 0) is 8.85 Å². The summed E-state index contributed by atoms with van der Waals surface area (Å²) in [6.07, 6.45) is 0.904. The van der Waals surface area contributed by atoms with Crippen molar-refractivity contribution in [2.75, 3.05) is 13.2 Å². The second-order valence-electron chi connectivity index (χ2n) is 1.74. The van der Waals surface area contributed by atoms with Crippen LogP contribution in [0, 0.1) is 0 Å². The second kappa shape index (κ2) is 5.38. The van der Waals surface area contributed by atoms with E-state index < -0.39 is 7.18 Å². The zero-order valence-corrected chi connectivity index (χ0v) is 8.71. The Morgan fingerprint density at radius 2 is 1.80 bits per heavy atom. The first-order chi connectivity index (χ1) is 4.62. The predicted octanol–water partition coefficient (Wildman–Crippen LogP) is 2.36. The van der Waals surface area contributed by atoms with Gasteiger partial charge in [-0.05, 0) is 13.3 Å². The van der Waals surface area contributed by atoms with E-state index in [4.69, 9.17) is 31.0 Å². The Morgan fingerprint density at radius 1 is 1.20 bits per heavy atom. The molecule has 10 heavy (non-hydrogen) atoms. The van der Waals surface area contributed by atoms with Crippen LogP contribution < -0.4 is 0 Å². The summed E-state index contributed by atoms with van der Waals surface area (Å²) in [4.78, 5) is 0. The van der Waals surface area contributed by atoms with Crippen molar-refractivity contribution in [1.82, 2.24) is 0 Å². The number of halogens is 2.